The van der Waals surface area contributed by atoms with Crippen LogP contribution in [0.15, 0.2) is 48.5 Å². The first-order valence-corrected chi connectivity index (χ1v) is 11.1. The van der Waals surface area contributed by atoms with Gasteiger partial charge in [0.25, 0.3) is 11.8 Å². The molecule has 1 aromatic carbocycles. The third-order valence-electron chi connectivity index (χ3n) is 6.50. The summed E-state index contributed by atoms with van der Waals surface area (Å²) in [6, 6.07) is 15.6. The molecule has 0 saturated carbocycles. The van der Waals surface area contributed by atoms with Crippen molar-refractivity contribution in [3.63, 3.8) is 0 Å². The molecule has 2 aromatic heterocycles. The second-order valence-corrected chi connectivity index (χ2v) is 8.87. The van der Waals surface area contributed by atoms with Gasteiger partial charge in [-0.3, -0.25) is 9.59 Å². The molecule has 7 nitrogen and oxygen atoms in total. The number of hydrogen-bond acceptors (Lipinski definition) is 4. The molecule has 2 amide bonds. The summed E-state index contributed by atoms with van der Waals surface area (Å²) < 4.78 is 2.17. The number of aromatic nitrogens is 3. The number of carbonyl (C=O) groups is 2. The highest BCUT2D eigenvalue weighted by atomic mass is 16.2. The van der Waals surface area contributed by atoms with Gasteiger partial charge < -0.3 is 14.4 Å². The van der Waals surface area contributed by atoms with Gasteiger partial charge in [-0.25, -0.2) is 9.97 Å². The standard InChI is InChI=1S/C25H27N5O2/c1-16-8-7-11-20(26-16)24(31)30-18-12-13-19(30)15-29-21(14-18)22(25(32)28(2)3)27-23(29)17-9-5-4-6-10-17/h4-11,18-19H,12-15H2,1-3H3/t18-,19+/m0/s1. The van der Waals surface area contributed by atoms with Crippen LogP contribution in [0.4, 0.5) is 0 Å². The number of hydrogen-bond donors (Lipinski definition) is 0. The van der Waals surface area contributed by atoms with Crippen molar-refractivity contribution in [1.29, 1.82) is 0 Å². The molecule has 0 unspecified atom stereocenters. The molecule has 164 valence electrons. The van der Waals surface area contributed by atoms with Crippen LogP contribution in [0, 0.1) is 6.92 Å². The van der Waals surface area contributed by atoms with Crippen LogP contribution in [0.5, 0.6) is 0 Å². The quantitative estimate of drug-likeness (QED) is 0.641. The van der Waals surface area contributed by atoms with Gasteiger partial charge >= 0.3 is 0 Å². The van der Waals surface area contributed by atoms with E-state index < -0.39 is 0 Å². The Hall–Kier alpha value is -3.48. The SMILES string of the molecule is Cc1cccc(C(=O)N2[C@@H]3CC[C@H]2Cc2c(C(=O)N(C)C)nc(-c4ccccc4)n2C3)n1. The van der Waals surface area contributed by atoms with Gasteiger partial charge in [-0.2, -0.15) is 0 Å². The summed E-state index contributed by atoms with van der Waals surface area (Å²) in [5.41, 5.74) is 3.70. The average molecular weight is 430 g/mol. The van der Waals surface area contributed by atoms with Crippen LogP contribution in [0.2, 0.25) is 0 Å². The van der Waals surface area contributed by atoms with Gasteiger partial charge in [-0.1, -0.05) is 36.4 Å². The van der Waals surface area contributed by atoms with Gasteiger partial charge in [-0.15, -0.1) is 0 Å². The van der Waals surface area contributed by atoms with Crippen LogP contribution < -0.4 is 0 Å². The zero-order chi connectivity index (χ0) is 22.4. The van der Waals surface area contributed by atoms with E-state index in [1.54, 1.807) is 25.1 Å². The number of nitrogens with zero attached hydrogens (tertiary/aromatic N) is 5. The second kappa shape index (κ2) is 7.89. The predicted molar refractivity (Wildman–Crippen MR) is 121 cm³/mol. The lowest BCUT2D eigenvalue weighted by atomic mass is 10.0. The van der Waals surface area contributed by atoms with Crippen LogP contribution in [-0.2, 0) is 13.0 Å². The van der Waals surface area contributed by atoms with Crippen LogP contribution in [0.25, 0.3) is 11.4 Å². The molecular weight excluding hydrogens is 402 g/mol. The molecular formula is C25H27N5O2. The zero-order valence-electron chi connectivity index (χ0n) is 18.7. The Balaban J connectivity index is 1.58. The first-order chi connectivity index (χ1) is 15.4. The second-order valence-electron chi connectivity index (χ2n) is 8.87. The number of rotatable bonds is 3. The van der Waals surface area contributed by atoms with Crippen molar-refractivity contribution < 1.29 is 9.59 Å². The smallest absolute Gasteiger partial charge is 0.273 e. The third-order valence-corrected chi connectivity index (χ3v) is 6.50. The van der Waals surface area contributed by atoms with Gasteiger partial charge in [0.15, 0.2) is 0 Å². The number of amides is 2. The molecule has 1 saturated heterocycles. The molecule has 0 aliphatic carbocycles. The van der Waals surface area contributed by atoms with E-state index in [-0.39, 0.29) is 23.9 Å². The fourth-order valence-corrected chi connectivity index (χ4v) is 4.98. The van der Waals surface area contributed by atoms with Crippen LogP contribution in [0.3, 0.4) is 0 Å². The Morgan fingerprint density at radius 1 is 0.969 bits per heavy atom. The topological polar surface area (TPSA) is 71.3 Å². The molecule has 2 aliphatic heterocycles. The average Bonchev–Trinajstić information content (AvgIpc) is 3.29. The third kappa shape index (κ3) is 3.38. The minimum Gasteiger partial charge on any atom is -0.343 e. The minimum absolute atomic E-state index is 0.0262. The molecule has 2 bridgehead atoms. The van der Waals surface area contributed by atoms with Crippen molar-refractivity contribution in [1.82, 2.24) is 24.3 Å². The van der Waals surface area contributed by atoms with Crippen molar-refractivity contribution >= 4 is 11.8 Å². The van der Waals surface area contributed by atoms with Gasteiger partial charge in [-0.05, 0) is 31.9 Å². The first-order valence-electron chi connectivity index (χ1n) is 11.1. The number of fused-ring (bicyclic) bond motifs is 3. The summed E-state index contributed by atoms with van der Waals surface area (Å²) in [7, 11) is 3.50. The van der Waals surface area contributed by atoms with Crippen molar-refractivity contribution in [3.8, 4) is 11.4 Å². The lowest BCUT2D eigenvalue weighted by molar-refractivity contribution is 0.0659. The summed E-state index contributed by atoms with van der Waals surface area (Å²) in [6.07, 6.45) is 2.47. The number of pyridine rings is 1. The lowest BCUT2D eigenvalue weighted by Crippen LogP contribution is -2.42. The summed E-state index contributed by atoms with van der Waals surface area (Å²) in [5.74, 6) is 0.660. The highest BCUT2D eigenvalue weighted by Crippen LogP contribution is 2.36. The van der Waals surface area contributed by atoms with Gasteiger partial charge in [0.1, 0.15) is 17.2 Å². The Bertz CT molecular complexity index is 1180. The highest BCUT2D eigenvalue weighted by Gasteiger charge is 2.43. The first kappa shape index (κ1) is 20.4. The molecule has 3 aromatic rings. The Labute approximate surface area is 187 Å². The Morgan fingerprint density at radius 3 is 2.44 bits per heavy atom. The molecule has 4 heterocycles. The molecule has 1 fully saturated rings. The summed E-state index contributed by atoms with van der Waals surface area (Å²) in [6.45, 7) is 2.53. The zero-order valence-corrected chi connectivity index (χ0v) is 18.7. The van der Waals surface area contributed by atoms with Crippen LogP contribution >= 0.6 is 0 Å². The maximum Gasteiger partial charge on any atom is 0.273 e. The van der Waals surface area contributed by atoms with Gasteiger partial charge in [0.05, 0.1) is 11.7 Å². The number of carbonyl (C=O) groups excluding carboxylic acids is 2. The van der Waals surface area contributed by atoms with E-state index in [0.717, 1.165) is 35.6 Å². The molecule has 0 N–H and O–H groups in total. The maximum absolute atomic E-state index is 13.5. The van der Waals surface area contributed by atoms with E-state index in [0.29, 0.717) is 24.4 Å². The van der Waals surface area contributed by atoms with E-state index in [1.807, 2.05) is 54.3 Å². The van der Waals surface area contributed by atoms with Crippen LogP contribution in [0.1, 0.15) is 45.2 Å². The van der Waals surface area contributed by atoms with Crippen molar-refractivity contribution in [2.45, 2.75) is 44.8 Å². The van der Waals surface area contributed by atoms with Crippen molar-refractivity contribution in [3.05, 3.63) is 71.3 Å². The predicted octanol–water partition coefficient (Wildman–Crippen LogP) is 3.18. The van der Waals surface area contributed by atoms with E-state index >= 15 is 0 Å². The normalized spacial score (nSPS) is 19.4. The molecule has 0 radical (unpaired) electrons. The lowest BCUT2D eigenvalue weighted by Gasteiger charge is -2.28. The van der Waals surface area contributed by atoms with Crippen molar-refractivity contribution in [2.24, 2.45) is 0 Å². The molecule has 5 rings (SSSR count). The van der Waals surface area contributed by atoms with Gasteiger partial charge in [0.2, 0.25) is 0 Å². The minimum atomic E-state index is -0.105. The Kier molecular flexibility index (Phi) is 5.04. The molecule has 7 heteroatoms. The monoisotopic (exact) mass is 429 g/mol. The molecule has 32 heavy (non-hydrogen) atoms. The van der Waals surface area contributed by atoms with E-state index in [2.05, 4.69) is 9.55 Å². The fraction of sp³-hybridized carbons (Fsp3) is 0.360. The maximum atomic E-state index is 13.5. The largest absolute Gasteiger partial charge is 0.343 e. The van der Waals surface area contributed by atoms with Crippen LogP contribution in [-0.4, -0.2) is 62.3 Å². The molecule has 2 aliphatic rings. The van der Waals surface area contributed by atoms with E-state index in [1.165, 1.54) is 0 Å². The number of imidazole rings is 1. The fourth-order valence-electron chi connectivity index (χ4n) is 4.98. The summed E-state index contributed by atoms with van der Waals surface area (Å²) in [5, 5.41) is 0. The molecule has 0 spiro atoms. The van der Waals surface area contributed by atoms with Crippen molar-refractivity contribution in [2.75, 3.05) is 14.1 Å². The summed E-state index contributed by atoms with van der Waals surface area (Å²) >= 11 is 0. The number of aryl methyl sites for hydroxylation is 1. The number of benzene rings is 1. The van der Waals surface area contributed by atoms with E-state index in [9.17, 15) is 9.59 Å². The highest BCUT2D eigenvalue weighted by molar-refractivity contribution is 5.95. The summed E-state index contributed by atoms with van der Waals surface area (Å²) in [4.78, 5) is 39.4. The van der Waals surface area contributed by atoms with E-state index in [4.69, 9.17) is 4.98 Å². The Morgan fingerprint density at radius 2 is 1.72 bits per heavy atom. The molecule has 2 atom stereocenters. The van der Waals surface area contributed by atoms with Gasteiger partial charge in [0, 0.05) is 44.4 Å².